The molecule has 0 fully saturated rings. The number of benzene rings is 1. The van der Waals surface area contributed by atoms with E-state index in [0.717, 1.165) is 16.5 Å². The maximum absolute atomic E-state index is 6.16. The van der Waals surface area contributed by atoms with Gasteiger partial charge in [-0.1, -0.05) is 29.3 Å². The first-order chi connectivity index (χ1) is 8.08. The van der Waals surface area contributed by atoms with Crippen molar-refractivity contribution in [1.29, 1.82) is 0 Å². The lowest BCUT2D eigenvalue weighted by Crippen LogP contribution is -2.13. The van der Waals surface area contributed by atoms with Crippen LogP contribution >= 0.6 is 50.5 Å². The third-order valence-corrected chi connectivity index (χ3v) is 4.97. The Morgan fingerprint density at radius 1 is 1.29 bits per heavy atom. The molecule has 1 atom stereocenters. The lowest BCUT2D eigenvalue weighted by atomic mass is 10.0. The quantitative estimate of drug-likeness (QED) is 0.822. The van der Waals surface area contributed by atoms with Crippen molar-refractivity contribution in [2.24, 2.45) is 5.73 Å². The normalized spacial score (nSPS) is 12.7. The number of nitrogens with two attached hydrogens (primary N) is 1. The van der Waals surface area contributed by atoms with Crippen LogP contribution in [0.4, 0.5) is 0 Å². The molecule has 0 radical (unpaired) electrons. The van der Waals surface area contributed by atoms with E-state index in [2.05, 4.69) is 15.9 Å². The van der Waals surface area contributed by atoms with Crippen LogP contribution in [0.25, 0.3) is 0 Å². The Labute approximate surface area is 123 Å². The summed E-state index contributed by atoms with van der Waals surface area (Å²) in [5.41, 5.74) is 7.09. The number of halogens is 3. The second-order valence-electron chi connectivity index (χ2n) is 3.67. The Hall–Kier alpha value is -0.0600. The number of hydrogen-bond donors (Lipinski definition) is 1. The molecular formula is C12H10BrCl2NS. The minimum Gasteiger partial charge on any atom is -0.324 e. The van der Waals surface area contributed by atoms with E-state index in [1.54, 1.807) is 17.4 Å². The number of rotatable bonds is 3. The van der Waals surface area contributed by atoms with Crippen molar-refractivity contribution in [3.05, 3.63) is 54.6 Å². The van der Waals surface area contributed by atoms with Crippen LogP contribution in [0.1, 0.15) is 16.5 Å². The molecule has 0 amide bonds. The van der Waals surface area contributed by atoms with E-state index in [1.807, 2.05) is 23.6 Å². The van der Waals surface area contributed by atoms with Crippen LogP contribution in [0.2, 0.25) is 10.0 Å². The van der Waals surface area contributed by atoms with Gasteiger partial charge in [0, 0.05) is 31.9 Å². The molecule has 1 heterocycles. The molecule has 2 aromatic rings. The van der Waals surface area contributed by atoms with Crippen molar-refractivity contribution in [2.75, 3.05) is 0 Å². The minimum absolute atomic E-state index is 0.116. The summed E-state index contributed by atoms with van der Waals surface area (Å²) in [6.07, 6.45) is 0.763. The fourth-order valence-electron chi connectivity index (χ4n) is 1.58. The monoisotopic (exact) mass is 349 g/mol. The maximum Gasteiger partial charge on any atom is 0.0468 e. The first kappa shape index (κ1) is 13.4. The zero-order valence-electron chi connectivity index (χ0n) is 8.79. The first-order valence-corrected chi connectivity index (χ1v) is 7.43. The van der Waals surface area contributed by atoms with Crippen LogP contribution in [-0.4, -0.2) is 0 Å². The molecule has 0 bridgehead atoms. The summed E-state index contributed by atoms with van der Waals surface area (Å²) >= 11 is 17.2. The van der Waals surface area contributed by atoms with Crippen LogP contribution < -0.4 is 5.73 Å². The van der Waals surface area contributed by atoms with Gasteiger partial charge < -0.3 is 5.73 Å². The van der Waals surface area contributed by atoms with E-state index in [9.17, 15) is 0 Å². The van der Waals surface area contributed by atoms with Gasteiger partial charge in [-0.25, -0.2) is 0 Å². The van der Waals surface area contributed by atoms with Gasteiger partial charge in [-0.3, -0.25) is 0 Å². The molecular weight excluding hydrogens is 341 g/mol. The molecule has 1 nitrogen and oxygen atoms in total. The number of thiophene rings is 1. The molecule has 1 unspecified atom stereocenters. The molecule has 0 saturated heterocycles. The summed E-state index contributed by atoms with van der Waals surface area (Å²) in [6, 6.07) is 7.33. The molecule has 2 N–H and O–H groups in total. The van der Waals surface area contributed by atoms with Crippen molar-refractivity contribution in [2.45, 2.75) is 12.5 Å². The van der Waals surface area contributed by atoms with Gasteiger partial charge in [-0.15, -0.1) is 11.3 Å². The van der Waals surface area contributed by atoms with E-state index in [1.165, 1.54) is 4.88 Å². The summed E-state index contributed by atoms with van der Waals surface area (Å²) in [7, 11) is 0. The van der Waals surface area contributed by atoms with Gasteiger partial charge in [-0.2, -0.15) is 0 Å². The number of hydrogen-bond acceptors (Lipinski definition) is 2. The van der Waals surface area contributed by atoms with E-state index < -0.39 is 0 Å². The van der Waals surface area contributed by atoms with Crippen LogP contribution in [0, 0.1) is 0 Å². The second kappa shape index (κ2) is 5.72. The van der Waals surface area contributed by atoms with Gasteiger partial charge in [0.15, 0.2) is 0 Å². The Kier molecular flexibility index (Phi) is 4.50. The molecule has 5 heteroatoms. The fourth-order valence-corrected chi connectivity index (χ4v) is 3.71. The van der Waals surface area contributed by atoms with Crippen LogP contribution in [0.15, 0.2) is 34.1 Å². The SMILES string of the molecule is NC(Cc1sccc1Br)c1ccc(Cl)cc1Cl. The first-order valence-electron chi connectivity index (χ1n) is 5.00. The van der Waals surface area contributed by atoms with Crippen molar-refractivity contribution < 1.29 is 0 Å². The molecule has 0 spiro atoms. The minimum atomic E-state index is -0.116. The molecule has 0 aliphatic carbocycles. The largest absolute Gasteiger partial charge is 0.324 e. The Morgan fingerprint density at radius 3 is 2.65 bits per heavy atom. The predicted octanol–water partition coefficient (Wildman–Crippen LogP) is 5.06. The Bertz CT molecular complexity index is 527. The molecule has 90 valence electrons. The van der Waals surface area contributed by atoms with E-state index in [-0.39, 0.29) is 6.04 Å². The van der Waals surface area contributed by atoms with E-state index in [4.69, 9.17) is 28.9 Å². The van der Waals surface area contributed by atoms with Crippen molar-refractivity contribution in [3.8, 4) is 0 Å². The van der Waals surface area contributed by atoms with Gasteiger partial charge >= 0.3 is 0 Å². The highest BCUT2D eigenvalue weighted by Gasteiger charge is 2.13. The summed E-state index contributed by atoms with van der Waals surface area (Å²) in [6.45, 7) is 0. The third kappa shape index (κ3) is 3.24. The van der Waals surface area contributed by atoms with Crippen LogP contribution in [-0.2, 0) is 6.42 Å². The maximum atomic E-state index is 6.16. The standard InChI is InChI=1S/C12H10BrCl2NS/c13-9-3-4-17-12(9)6-11(16)8-2-1-7(14)5-10(8)15/h1-5,11H,6,16H2. The molecule has 2 rings (SSSR count). The molecule has 0 saturated carbocycles. The fraction of sp³-hybridized carbons (Fsp3) is 0.167. The van der Waals surface area contributed by atoms with Gasteiger partial charge in [0.05, 0.1) is 0 Å². The summed E-state index contributed by atoms with van der Waals surface area (Å²) in [5.74, 6) is 0. The average molecular weight is 351 g/mol. The van der Waals surface area contributed by atoms with E-state index in [0.29, 0.717) is 10.0 Å². The highest BCUT2D eigenvalue weighted by atomic mass is 79.9. The predicted molar refractivity (Wildman–Crippen MR) is 79.1 cm³/mol. The smallest absolute Gasteiger partial charge is 0.0468 e. The summed E-state index contributed by atoms with van der Waals surface area (Å²) < 4.78 is 1.10. The highest BCUT2D eigenvalue weighted by molar-refractivity contribution is 9.10. The highest BCUT2D eigenvalue weighted by Crippen LogP contribution is 2.31. The molecule has 1 aromatic heterocycles. The van der Waals surface area contributed by atoms with Crippen molar-refractivity contribution >= 4 is 50.5 Å². The van der Waals surface area contributed by atoms with Crippen LogP contribution in [0.5, 0.6) is 0 Å². The molecule has 0 aliphatic heterocycles. The van der Waals surface area contributed by atoms with Crippen LogP contribution in [0.3, 0.4) is 0 Å². The van der Waals surface area contributed by atoms with Crippen molar-refractivity contribution in [1.82, 2.24) is 0 Å². The van der Waals surface area contributed by atoms with Gasteiger partial charge in [-0.05, 0) is 45.1 Å². The molecule has 1 aromatic carbocycles. The van der Waals surface area contributed by atoms with E-state index >= 15 is 0 Å². The van der Waals surface area contributed by atoms with Gasteiger partial charge in [0.2, 0.25) is 0 Å². The average Bonchev–Trinajstić information content (AvgIpc) is 2.64. The topological polar surface area (TPSA) is 26.0 Å². The van der Waals surface area contributed by atoms with Crippen molar-refractivity contribution in [3.63, 3.8) is 0 Å². The lowest BCUT2D eigenvalue weighted by molar-refractivity contribution is 0.729. The molecule has 0 aliphatic rings. The lowest BCUT2D eigenvalue weighted by Gasteiger charge is -2.13. The molecule has 17 heavy (non-hydrogen) atoms. The third-order valence-electron chi connectivity index (χ3n) is 2.46. The summed E-state index contributed by atoms with van der Waals surface area (Å²) in [4.78, 5) is 1.23. The zero-order chi connectivity index (χ0) is 12.4. The summed E-state index contributed by atoms with van der Waals surface area (Å²) in [5, 5.41) is 3.29. The second-order valence-corrected chi connectivity index (χ2v) is 6.37. The van der Waals surface area contributed by atoms with Gasteiger partial charge in [0.25, 0.3) is 0 Å². The Balaban J connectivity index is 2.20. The van der Waals surface area contributed by atoms with Gasteiger partial charge in [0.1, 0.15) is 0 Å². The Morgan fingerprint density at radius 2 is 2.06 bits per heavy atom. The zero-order valence-corrected chi connectivity index (χ0v) is 12.7.